The number of anilines is 1. The van der Waals surface area contributed by atoms with Crippen molar-refractivity contribution in [3.63, 3.8) is 0 Å². The van der Waals surface area contributed by atoms with E-state index in [1.54, 1.807) is 31.1 Å². The topological polar surface area (TPSA) is 88.5 Å². The Labute approximate surface area is 231 Å². The van der Waals surface area contributed by atoms with Crippen molar-refractivity contribution in [1.82, 2.24) is 4.90 Å². The van der Waals surface area contributed by atoms with E-state index >= 15 is 0 Å². The maximum Gasteiger partial charge on any atom is 0.264 e. The monoisotopic (exact) mass is 552 g/mol. The number of amides is 2. The minimum Gasteiger partial charge on any atom is -0.497 e. The highest BCUT2D eigenvalue weighted by Crippen LogP contribution is 2.60. The third-order valence-electron chi connectivity index (χ3n) is 9.46. The molecule has 0 aromatic heterocycles. The molecule has 0 saturated carbocycles. The van der Waals surface area contributed by atoms with Crippen LogP contribution in [0, 0.1) is 5.92 Å². The first-order valence-corrected chi connectivity index (χ1v) is 16.9. The van der Waals surface area contributed by atoms with Crippen molar-refractivity contribution in [1.29, 1.82) is 0 Å². The van der Waals surface area contributed by atoms with Gasteiger partial charge in [0.25, 0.3) is 5.91 Å². The van der Waals surface area contributed by atoms with Gasteiger partial charge in [-0.05, 0) is 48.7 Å². The highest BCUT2D eigenvalue weighted by molar-refractivity contribution is 6.91. The van der Waals surface area contributed by atoms with E-state index in [-0.39, 0.29) is 42.3 Å². The van der Waals surface area contributed by atoms with Crippen LogP contribution in [0.15, 0.2) is 42.5 Å². The molecule has 0 aliphatic carbocycles. The van der Waals surface area contributed by atoms with Crippen molar-refractivity contribution in [3.05, 3.63) is 48.0 Å². The van der Waals surface area contributed by atoms with Gasteiger partial charge in [-0.1, -0.05) is 37.3 Å². The van der Waals surface area contributed by atoms with Gasteiger partial charge in [0.05, 0.1) is 53.2 Å². The number of hydrogen-bond donors (Lipinski definition) is 1. The van der Waals surface area contributed by atoms with Crippen molar-refractivity contribution in [2.24, 2.45) is 5.92 Å². The van der Waals surface area contributed by atoms with E-state index in [0.717, 1.165) is 29.8 Å². The number of carbonyl (C=O) groups is 2. The van der Waals surface area contributed by atoms with Gasteiger partial charge in [0, 0.05) is 25.1 Å². The summed E-state index contributed by atoms with van der Waals surface area (Å²) in [5, 5.41) is 11.1. The largest absolute Gasteiger partial charge is 0.497 e. The lowest BCUT2D eigenvalue weighted by atomic mass is 9.82. The number of ether oxygens (including phenoxy) is 3. The molecule has 1 N–H and O–H groups in total. The number of carbonyl (C=O) groups excluding carboxylic acids is 2. The van der Waals surface area contributed by atoms with Crippen LogP contribution in [0.4, 0.5) is 5.69 Å². The van der Waals surface area contributed by atoms with Gasteiger partial charge in [0.1, 0.15) is 11.5 Å². The summed E-state index contributed by atoms with van der Waals surface area (Å²) in [5.74, 6) is 1.15. The predicted octanol–water partition coefficient (Wildman–Crippen LogP) is 3.27. The molecule has 5 rings (SSSR count). The zero-order valence-corrected chi connectivity index (χ0v) is 24.8. The first-order valence-electron chi connectivity index (χ1n) is 13.8. The molecule has 0 bridgehead atoms. The summed E-state index contributed by atoms with van der Waals surface area (Å²) in [5.41, 5.74) is 0.379. The number of methoxy groups -OCH3 is 2. The molecule has 3 aliphatic heterocycles. The Bertz CT molecular complexity index is 1250. The molecule has 8 nitrogen and oxygen atoms in total. The Balaban J connectivity index is 1.60. The van der Waals surface area contributed by atoms with Crippen molar-refractivity contribution < 1.29 is 28.9 Å². The third kappa shape index (κ3) is 4.26. The van der Waals surface area contributed by atoms with E-state index in [4.69, 9.17) is 14.2 Å². The van der Waals surface area contributed by atoms with E-state index < -0.39 is 19.8 Å². The summed E-state index contributed by atoms with van der Waals surface area (Å²) in [6, 6.07) is 13.7. The highest BCUT2D eigenvalue weighted by atomic mass is 28.3. The molecule has 0 unspecified atom stereocenters. The van der Waals surface area contributed by atoms with Crippen LogP contribution in [-0.2, 0) is 19.9 Å². The molecule has 3 heterocycles. The van der Waals surface area contributed by atoms with Crippen molar-refractivity contribution >= 4 is 30.8 Å². The Hall–Kier alpha value is -2.88. The molecule has 1 spiro atoms. The highest BCUT2D eigenvalue weighted by Gasteiger charge is 2.66. The second-order valence-corrected chi connectivity index (χ2v) is 16.4. The van der Waals surface area contributed by atoms with E-state index in [9.17, 15) is 14.7 Å². The maximum atomic E-state index is 14.1. The maximum absolute atomic E-state index is 14.1. The zero-order chi connectivity index (χ0) is 28.1. The number of likely N-dealkylation sites (N-methyl/N-ethyl adjacent to an activating group) is 1. The predicted molar refractivity (Wildman–Crippen MR) is 152 cm³/mol. The number of aliphatic hydroxyl groups excluding tert-OH is 1. The van der Waals surface area contributed by atoms with Gasteiger partial charge >= 0.3 is 0 Å². The van der Waals surface area contributed by atoms with Crippen molar-refractivity contribution in [3.8, 4) is 11.5 Å². The summed E-state index contributed by atoms with van der Waals surface area (Å²) in [6.45, 7) is 7.32. The van der Waals surface area contributed by atoms with Gasteiger partial charge in [-0.2, -0.15) is 0 Å². The summed E-state index contributed by atoms with van der Waals surface area (Å²) >= 11 is 0. The smallest absolute Gasteiger partial charge is 0.264 e. The number of aliphatic hydroxyl groups is 1. The molecule has 3 aliphatic rings. The molecule has 2 saturated heterocycles. The summed E-state index contributed by atoms with van der Waals surface area (Å²) in [7, 11) is 2.73. The quantitative estimate of drug-likeness (QED) is 0.531. The van der Waals surface area contributed by atoms with Crippen LogP contribution in [0.3, 0.4) is 0 Å². The molecule has 2 aromatic carbocycles. The van der Waals surface area contributed by atoms with E-state index in [1.807, 2.05) is 30.3 Å². The lowest BCUT2D eigenvalue weighted by Gasteiger charge is -2.37. The van der Waals surface area contributed by atoms with Crippen LogP contribution >= 0.6 is 0 Å². The normalized spacial score (nSPS) is 28.3. The number of benzene rings is 2. The molecule has 39 heavy (non-hydrogen) atoms. The lowest BCUT2D eigenvalue weighted by Crippen LogP contribution is -2.52. The van der Waals surface area contributed by atoms with Crippen LogP contribution in [0.2, 0.25) is 18.6 Å². The van der Waals surface area contributed by atoms with Crippen LogP contribution in [0.5, 0.6) is 11.5 Å². The summed E-state index contributed by atoms with van der Waals surface area (Å²) in [4.78, 5) is 31.3. The van der Waals surface area contributed by atoms with Gasteiger partial charge in [-0.25, -0.2) is 0 Å². The fourth-order valence-electron chi connectivity index (χ4n) is 7.37. The molecule has 2 amide bonds. The van der Waals surface area contributed by atoms with E-state index in [0.29, 0.717) is 12.3 Å². The number of likely N-dealkylation sites (tertiary alicyclic amines) is 1. The first kappa shape index (κ1) is 27.7. The Morgan fingerprint density at radius 2 is 1.79 bits per heavy atom. The molecule has 2 aromatic rings. The lowest BCUT2D eigenvalue weighted by molar-refractivity contribution is -0.149. The molecule has 9 heteroatoms. The van der Waals surface area contributed by atoms with Gasteiger partial charge in [0.15, 0.2) is 5.60 Å². The van der Waals surface area contributed by atoms with Gasteiger partial charge in [0.2, 0.25) is 5.91 Å². The molecular formula is C30H40N2O6Si. The van der Waals surface area contributed by atoms with Crippen molar-refractivity contribution in [2.75, 3.05) is 39.3 Å². The standard InChI is InChI=1S/C30H40N2O6Si/c1-19-28(39(5,6)23-12-9-21(36-3)10-13-23)26(17-27(34)32-15-7-8-20(32)18-33)38-30(19)24-16-22(37-4)11-14-25(24)31(2)29(30)35/h9-14,16,19-20,26,28,33H,7-8,15,17-18H2,1-6H3/t19-,20+,26+,28-,30+/m1/s1. The average molecular weight is 553 g/mol. The van der Waals surface area contributed by atoms with Crippen LogP contribution in [-0.4, -0.2) is 76.5 Å². The average Bonchev–Trinajstić information content (AvgIpc) is 3.59. The molecular weight excluding hydrogens is 512 g/mol. The third-order valence-corrected chi connectivity index (χ3v) is 13.8. The van der Waals surface area contributed by atoms with Crippen LogP contribution in [0.1, 0.15) is 31.7 Å². The van der Waals surface area contributed by atoms with Gasteiger partial charge in [-0.15, -0.1) is 0 Å². The molecule has 5 atom stereocenters. The molecule has 210 valence electrons. The minimum absolute atomic E-state index is 0.0185. The fourth-order valence-corrected chi connectivity index (χ4v) is 11.4. The second kappa shape index (κ2) is 10.3. The second-order valence-electron chi connectivity index (χ2n) is 11.7. The van der Waals surface area contributed by atoms with Crippen molar-refractivity contribution in [2.45, 2.75) is 62.6 Å². The van der Waals surface area contributed by atoms with Gasteiger partial charge < -0.3 is 29.1 Å². The number of rotatable bonds is 7. The number of nitrogens with zero attached hydrogens (tertiary/aromatic N) is 2. The first-order chi connectivity index (χ1) is 18.6. The van der Waals surface area contributed by atoms with Gasteiger partial charge in [-0.3, -0.25) is 9.59 Å². The molecule has 0 radical (unpaired) electrons. The Kier molecular flexibility index (Phi) is 7.28. The molecule has 2 fully saturated rings. The Morgan fingerprint density at radius 1 is 1.13 bits per heavy atom. The minimum atomic E-state index is -2.33. The van der Waals surface area contributed by atoms with E-state index in [1.165, 1.54) is 5.19 Å². The van der Waals surface area contributed by atoms with E-state index in [2.05, 4.69) is 32.2 Å². The van der Waals surface area contributed by atoms with Crippen LogP contribution < -0.4 is 19.6 Å². The summed E-state index contributed by atoms with van der Waals surface area (Å²) in [6.07, 6.45) is 1.41. The Morgan fingerprint density at radius 3 is 2.44 bits per heavy atom. The SMILES string of the molecule is COc1ccc([Si](C)(C)[C@H]2[C@H](CC(=O)N3CCC[C@H]3CO)O[C@@]3(C(=O)N(C)c4ccc(OC)cc43)[C@@H]2C)cc1. The number of hydrogen-bond acceptors (Lipinski definition) is 6. The summed E-state index contributed by atoms with van der Waals surface area (Å²) < 4.78 is 17.9. The fraction of sp³-hybridized carbons (Fsp3) is 0.533. The number of fused-ring (bicyclic) bond motifs is 2. The zero-order valence-electron chi connectivity index (χ0n) is 23.8. The van der Waals surface area contributed by atoms with Crippen LogP contribution in [0.25, 0.3) is 0 Å².